The number of hydrogen-bond donors (Lipinski definition) is 2. The summed E-state index contributed by atoms with van der Waals surface area (Å²) in [5.74, 6) is 1.06. The highest BCUT2D eigenvalue weighted by molar-refractivity contribution is 9.08. The molecule has 1 aromatic carbocycles. The van der Waals surface area contributed by atoms with Crippen LogP contribution >= 0.6 is 16.1 Å². The second kappa shape index (κ2) is 9.94. The van der Waals surface area contributed by atoms with E-state index in [0.29, 0.717) is 18.7 Å². The Hall–Kier alpha value is -1.89. The first kappa shape index (κ1) is 26.4. The van der Waals surface area contributed by atoms with E-state index in [-0.39, 0.29) is 46.7 Å². The maximum Gasteiger partial charge on any atom is 0.222 e. The summed E-state index contributed by atoms with van der Waals surface area (Å²) >= 11 is 3.21. The lowest BCUT2D eigenvalue weighted by atomic mass is 9.78. The van der Waals surface area contributed by atoms with Crippen molar-refractivity contribution in [3.63, 3.8) is 0 Å². The minimum absolute atomic E-state index is 0.0125. The first-order chi connectivity index (χ1) is 14.7. The average molecular weight is 509 g/mol. The smallest absolute Gasteiger partial charge is 0.222 e. The van der Waals surface area contributed by atoms with E-state index >= 15 is 0 Å². The van der Waals surface area contributed by atoms with E-state index in [2.05, 4.69) is 25.5 Å². The second-order valence-electron chi connectivity index (χ2n) is 11.1. The van der Waals surface area contributed by atoms with Crippen LogP contribution in [0.15, 0.2) is 16.2 Å². The Bertz CT molecular complexity index is 860. The number of aromatic hydroxyl groups is 1. The summed E-state index contributed by atoms with van der Waals surface area (Å²) in [7, 11) is 0. The van der Waals surface area contributed by atoms with Gasteiger partial charge in [0.2, 0.25) is 5.91 Å². The Morgan fingerprint density at radius 3 is 2.12 bits per heavy atom. The fourth-order valence-electron chi connectivity index (χ4n) is 3.92. The molecule has 1 aliphatic rings. The van der Waals surface area contributed by atoms with Crippen LogP contribution in [-0.2, 0) is 15.6 Å². The van der Waals surface area contributed by atoms with E-state index in [1.165, 1.54) is 0 Å². The number of Topliss-reactive ketones (excluding diaryl/α,β-unsaturated/α-hetero) is 1. The summed E-state index contributed by atoms with van der Waals surface area (Å²) < 4.78 is 4.26. The molecule has 7 heteroatoms. The number of carbonyl (C=O) groups is 2. The third-order valence-electron chi connectivity index (χ3n) is 5.95. The number of phenols is 1. The van der Waals surface area contributed by atoms with E-state index in [4.69, 9.17) is 0 Å². The molecule has 1 aromatic rings. The molecule has 32 heavy (non-hydrogen) atoms. The van der Waals surface area contributed by atoms with Gasteiger partial charge in [-0.2, -0.15) is 4.02 Å². The number of amides is 1. The highest BCUT2D eigenvalue weighted by Crippen LogP contribution is 2.40. The number of benzene rings is 1. The molecular formula is C25H38BrN3O3. The van der Waals surface area contributed by atoms with Crippen LogP contribution in [0, 0.1) is 11.8 Å². The maximum absolute atomic E-state index is 13.3. The van der Waals surface area contributed by atoms with Gasteiger partial charge in [-0.25, -0.2) is 0 Å². The number of phenolic OH excluding ortho intramolecular Hbond substituents is 1. The molecule has 1 aliphatic heterocycles. The van der Waals surface area contributed by atoms with Gasteiger partial charge in [0, 0.05) is 41.6 Å². The van der Waals surface area contributed by atoms with Gasteiger partial charge in [-0.3, -0.25) is 9.59 Å². The van der Waals surface area contributed by atoms with Crippen LogP contribution in [0.3, 0.4) is 0 Å². The van der Waals surface area contributed by atoms with Crippen molar-refractivity contribution in [3.8, 4) is 5.75 Å². The Morgan fingerprint density at radius 1 is 1.16 bits per heavy atom. The number of hydrogen-bond acceptors (Lipinski definition) is 4. The van der Waals surface area contributed by atoms with Gasteiger partial charge in [0.25, 0.3) is 0 Å². The van der Waals surface area contributed by atoms with Gasteiger partial charge in [0.05, 0.1) is 22.7 Å². The molecule has 0 saturated carbocycles. The number of rotatable bonds is 6. The first-order valence-electron chi connectivity index (χ1n) is 11.3. The van der Waals surface area contributed by atoms with Crippen LogP contribution in [0.2, 0.25) is 0 Å². The van der Waals surface area contributed by atoms with Crippen LogP contribution < -0.4 is 5.32 Å². The number of halogens is 1. The van der Waals surface area contributed by atoms with E-state index in [9.17, 15) is 14.7 Å². The molecule has 1 atom stereocenters. The zero-order valence-electron chi connectivity index (χ0n) is 20.7. The van der Waals surface area contributed by atoms with Crippen molar-refractivity contribution in [3.05, 3.63) is 28.8 Å². The SMILES string of the molecule is CC(C)C(=O)NCC1CCN(CC(=O)c2cc(C(C)(C)C)c(O)c(C(C)(C)C)c2)/C1=N\Br. The van der Waals surface area contributed by atoms with Crippen molar-refractivity contribution < 1.29 is 14.7 Å². The number of likely N-dealkylation sites (tertiary alicyclic amines) is 1. The number of amidine groups is 1. The van der Waals surface area contributed by atoms with Gasteiger partial charge >= 0.3 is 0 Å². The predicted octanol–water partition coefficient (Wildman–Crippen LogP) is 4.97. The largest absolute Gasteiger partial charge is 0.507 e. The van der Waals surface area contributed by atoms with Gasteiger partial charge in [0.15, 0.2) is 5.78 Å². The molecule has 0 bridgehead atoms. The number of nitrogens with zero attached hydrogens (tertiary/aromatic N) is 2. The topological polar surface area (TPSA) is 82.0 Å². The molecule has 0 aromatic heterocycles. The first-order valence-corrected chi connectivity index (χ1v) is 12.0. The Kier molecular flexibility index (Phi) is 8.19. The van der Waals surface area contributed by atoms with Crippen molar-refractivity contribution in [2.24, 2.45) is 15.9 Å². The zero-order valence-corrected chi connectivity index (χ0v) is 22.3. The molecular weight excluding hydrogens is 470 g/mol. The molecule has 0 radical (unpaired) electrons. The fraction of sp³-hybridized carbons (Fsp3) is 0.640. The minimum Gasteiger partial charge on any atom is -0.507 e. The third-order valence-corrected chi connectivity index (χ3v) is 6.32. The maximum atomic E-state index is 13.3. The summed E-state index contributed by atoms with van der Waals surface area (Å²) in [6, 6.07) is 3.66. The summed E-state index contributed by atoms with van der Waals surface area (Å²) in [5.41, 5.74) is 1.56. The third kappa shape index (κ3) is 6.12. The van der Waals surface area contributed by atoms with E-state index < -0.39 is 0 Å². The highest BCUT2D eigenvalue weighted by Gasteiger charge is 2.33. The molecule has 0 spiro atoms. The van der Waals surface area contributed by atoms with Gasteiger partial charge < -0.3 is 15.3 Å². The summed E-state index contributed by atoms with van der Waals surface area (Å²) in [4.78, 5) is 27.2. The lowest BCUT2D eigenvalue weighted by Crippen LogP contribution is -2.37. The molecule has 1 saturated heterocycles. The van der Waals surface area contributed by atoms with E-state index in [1.807, 2.05) is 72.4 Å². The lowest BCUT2D eigenvalue weighted by molar-refractivity contribution is -0.124. The molecule has 178 valence electrons. The predicted molar refractivity (Wildman–Crippen MR) is 134 cm³/mol. The fourth-order valence-corrected chi connectivity index (χ4v) is 4.43. The summed E-state index contributed by atoms with van der Waals surface area (Å²) in [5, 5.41) is 13.9. The molecule has 1 fully saturated rings. The molecule has 6 nitrogen and oxygen atoms in total. The molecule has 2 rings (SSSR count). The number of carbonyl (C=O) groups excluding carboxylic acids is 2. The monoisotopic (exact) mass is 507 g/mol. The van der Waals surface area contributed by atoms with Crippen LogP contribution in [0.25, 0.3) is 0 Å². The second-order valence-corrected chi connectivity index (χ2v) is 11.4. The Morgan fingerprint density at radius 2 is 1.69 bits per heavy atom. The molecule has 0 aliphatic carbocycles. The molecule has 2 N–H and O–H groups in total. The van der Waals surface area contributed by atoms with Crippen LogP contribution in [0.5, 0.6) is 5.75 Å². The Balaban J connectivity index is 2.26. The van der Waals surface area contributed by atoms with Gasteiger partial charge in [-0.05, 0) is 29.4 Å². The standard InChI is InChI=1S/C25H38BrN3O3/c1-15(2)23(32)27-13-16-9-10-29(22(16)28-26)14-20(30)17-11-18(24(3,4)5)21(31)19(12-17)25(6,7)8/h11-12,15-16,31H,9-10,13-14H2,1-8H3,(H,27,32)/b28-22-. The summed E-state index contributed by atoms with van der Waals surface area (Å²) in [6.07, 6.45) is 0.826. The van der Waals surface area contributed by atoms with E-state index in [0.717, 1.165) is 23.4 Å². The molecule has 1 unspecified atom stereocenters. The molecule has 1 amide bonds. The number of ketones is 1. The van der Waals surface area contributed by atoms with Crippen LogP contribution in [0.4, 0.5) is 0 Å². The number of nitrogens with one attached hydrogen (secondary N) is 1. The van der Waals surface area contributed by atoms with Crippen LogP contribution in [-0.4, -0.2) is 47.2 Å². The van der Waals surface area contributed by atoms with Crippen molar-refractivity contribution in [1.82, 2.24) is 10.2 Å². The molecule has 1 heterocycles. The quantitative estimate of drug-likeness (QED) is 0.532. The van der Waals surface area contributed by atoms with E-state index in [1.54, 1.807) is 0 Å². The normalized spacial score (nSPS) is 18.5. The van der Waals surface area contributed by atoms with Gasteiger partial charge in [-0.1, -0.05) is 55.4 Å². The minimum atomic E-state index is -0.295. The zero-order chi connectivity index (χ0) is 24.4. The van der Waals surface area contributed by atoms with Gasteiger partial charge in [0.1, 0.15) is 11.6 Å². The summed E-state index contributed by atoms with van der Waals surface area (Å²) in [6.45, 7) is 17.4. The van der Waals surface area contributed by atoms with Crippen LogP contribution in [0.1, 0.15) is 83.3 Å². The van der Waals surface area contributed by atoms with Gasteiger partial charge in [-0.15, -0.1) is 0 Å². The average Bonchev–Trinajstić information content (AvgIpc) is 3.05. The van der Waals surface area contributed by atoms with Crippen molar-refractivity contribution in [2.75, 3.05) is 19.6 Å². The highest BCUT2D eigenvalue weighted by atomic mass is 79.9. The lowest BCUT2D eigenvalue weighted by Gasteiger charge is -2.28. The van der Waals surface area contributed by atoms with Crippen molar-refractivity contribution >= 4 is 33.7 Å². The van der Waals surface area contributed by atoms with Crippen molar-refractivity contribution in [1.29, 1.82) is 0 Å². The Labute approximate surface area is 201 Å². The van der Waals surface area contributed by atoms with Crippen molar-refractivity contribution in [2.45, 2.75) is 72.6 Å².